The molecule has 0 aliphatic heterocycles. The molecule has 0 saturated carbocycles. The molecule has 6 heteroatoms. The topological polar surface area (TPSA) is 73.0 Å². The molecule has 0 aromatic carbocycles. The van der Waals surface area contributed by atoms with Crippen molar-refractivity contribution in [3.05, 3.63) is 72.6 Å². The second-order valence-electron chi connectivity index (χ2n) is 4.54. The SMILES string of the molecule is O=C(C=Cc1ccco1)NCc1ccnc(-n2cccn2)c1. The Morgan fingerprint density at radius 1 is 1.32 bits per heavy atom. The monoisotopic (exact) mass is 294 g/mol. The van der Waals surface area contributed by atoms with Crippen LogP contribution in [0.4, 0.5) is 0 Å². The van der Waals surface area contributed by atoms with Gasteiger partial charge in [0.25, 0.3) is 0 Å². The lowest BCUT2D eigenvalue weighted by Gasteiger charge is -2.05. The van der Waals surface area contributed by atoms with Crippen LogP contribution in [0.5, 0.6) is 0 Å². The summed E-state index contributed by atoms with van der Waals surface area (Å²) in [6, 6.07) is 9.11. The highest BCUT2D eigenvalue weighted by Gasteiger charge is 2.01. The highest BCUT2D eigenvalue weighted by Crippen LogP contribution is 2.06. The van der Waals surface area contributed by atoms with Crippen LogP contribution in [0.15, 0.2) is 65.7 Å². The average Bonchev–Trinajstić information content (AvgIpc) is 3.24. The van der Waals surface area contributed by atoms with Gasteiger partial charge in [0.1, 0.15) is 5.76 Å². The molecule has 3 heterocycles. The Balaban J connectivity index is 1.59. The van der Waals surface area contributed by atoms with Crippen LogP contribution in [-0.4, -0.2) is 20.7 Å². The zero-order valence-electron chi connectivity index (χ0n) is 11.7. The minimum absolute atomic E-state index is 0.186. The number of furan rings is 1. The molecule has 1 amide bonds. The molecule has 0 fully saturated rings. The van der Waals surface area contributed by atoms with E-state index in [9.17, 15) is 4.79 Å². The summed E-state index contributed by atoms with van der Waals surface area (Å²) in [5, 5.41) is 6.94. The summed E-state index contributed by atoms with van der Waals surface area (Å²) in [5.74, 6) is 1.16. The molecular weight excluding hydrogens is 280 g/mol. The molecular formula is C16H14N4O2. The molecule has 0 unspecified atom stereocenters. The van der Waals surface area contributed by atoms with Gasteiger partial charge < -0.3 is 9.73 Å². The number of carbonyl (C=O) groups is 1. The summed E-state index contributed by atoms with van der Waals surface area (Å²) in [7, 11) is 0. The molecule has 22 heavy (non-hydrogen) atoms. The lowest BCUT2D eigenvalue weighted by atomic mass is 10.2. The van der Waals surface area contributed by atoms with E-state index in [4.69, 9.17) is 4.42 Å². The van der Waals surface area contributed by atoms with Crippen molar-refractivity contribution >= 4 is 12.0 Å². The number of hydrogen-bond acceptors (Lipinski definition) is 4. The number of rotatable bonds is 5. The standard InChI is InChI=1S/C16H14N4O2/c21-16(5-4-14-3-1-10-22-14)18-12-13-6-8-17-15(11-13)20-9-2-7-19-20/h1-11H,12H2,(H,18,21). The fourth-order valence-corrected chi connectivity index (χ4v) is 1.89. The first kappa shape index (κ1) is 13.8. The predicted octanol–water partition coefficient (Wildman–Crippen LogP) is 2.19. The molecule has 3 rings (SSSR count). The Morgan fingerprint density at radius 3 is 3.05 bits per heavy atom. The van der Waals surface area contributed by atoms with E-state index in [1.807, 2.05) is 24.4 Å². The first-order valence-electron chi connectivity index (χ1n) is 6.75. The molecule has 0 radical (unpaired) electrons. The minimum Gasteiger partial charge on any atom is -0.465 e. The molecule has 110 valence electrons. The van der Waals surface area contributed by atoms with Crippen LogP contribution in [0, 0.1) is 0 Å². The van der Waals surface area contributed by atoms with Crippen LogP contribution in [0.2, 0.25) is 0 Å². The van der Waals surface area contributed by atoms with E-state index in [1.54, 1.807) is 41.5 Å². The van der Waals surface area contributed by atoms with Crippen LogP contribution in [0.25, 0.3) is 11.9 Å². The largest absolute Gasteiger partial charge is 0.465 e. The zero-order valence-corrected chi connectivity index (χ0v) is 11.7. The maximum absolute atomic E-state index is 11.8. The van der Waals surface area contributed by atoms with Crippen LogP contribution in [0.1, 0.15) is 11.3 Å². The summed E-state index contributed by atoms with van der Waals surface area (Å²) in [4.78, 5) is 16.0. The molecule has 6 nitrogen and oxygen atoms in total. The third-order valence-electron chi connectivity index (χ3n) is 2.96. The third kappa shape index (κ3) is 3.49. The van der Waals surface area contributed by atoms with Crippen LogP contribution < -0.4 is 5.32 Å². The number of carbonyl (C=O) groups excluding carboxylic acids is 1. The summed E-state index contributed by atoms with van der Waals surface area (Å²) in [6.07, 6.45) is 9.82. The molecule has 0 aliphatic carbocycles. The van der Waals surface area contributed by atoms with Gasteiger partial charge in [0.05, 0.1) is 6.26 Å². The van der Waals surface area contributed by atoms with E-state index in [-0.39, 0.29) is 5.91 Å². The van der Waals surface area contributed by atoms with Crippen molar-refractivity contribution in [3.63, 3.8) is 0 Å². The number of pyridine rings is 1. The molecule has 0 bridgehead atoms. The number of aromatic nitrogens is 3. The first-order valence-corrected chi connectivity index (χ1v) is 6.75. The summed E-state index contributed by atoms with van der Waals surface area (Å²) < 4.78 is 6.79. The van der Waals surface area contributed by atoms with Gasteiger partial charge in [-0.05, 0) is 42.0 Å². The Labute approximate surface area is 127 Å². The second-order valence-corrected chi connectivity index (χ2v) is 4.54. The van der Waals surface area contributed by atoms with E-state index >= 15 is 0 Å². The van der Waals surface area contributed by atoms with Crippen LogP contribution in [-0.2, 0) is 11.3 Å². The molecule has 1 N–H and O–H groups in total. The van der Waals surface area contributed by atoms with Gasteiger partial charge in [-0.2, -0.15) is 5.10 Å². The van der Waals surface area contributed by atoms with E-state index in [2.05, 4.69) is 15.4 Å². The molecule has 3 aromatic rings. The van der Waals surface area contributed by atoms with Gasteiger partial charge in [-0.25, -0.2) is 9.67 Å². The maximum Gasteiger partial charge on any atom is 0.244 e. The maximum atomic E-state index is 11.8. The van der Waals surface area contributed by atoms with Crippen molar-refractivity contribution in [2.75, 3.05) is 0 Å². The zero-order chi connectivity index (χ0) is 15.2. The Kier molecular flexibility index (Phi) is 4.10. The Morgan fingerprint density at radius 2 is 2.27 bits per heavy atom. The number of nitrogens with one attached hydrogen (secondary N) is 1. The normalized spacial score (nSPS) is 10.9. The van der Waals surface area contributed by atoms with E-state index in [1.165, 1.54) is 6.08 Å². The Hall–Kier alpha value is -3.15. The molecule has 0 atom stereocenters. The quantitative estimate of drug-likeness (QED) is 0.732. The van der Waals surface area contributed by atoms with Crippen LogP contribution in [0.3, 0.4) is 0 Å². The van der Waals surface area contributed by atoms with Gasteiger partial charge in [0.2, 0.25) is 5.91 Å². The van der Waals surface area contributed by atoms with Gasteiger partial charge >= 0.3 is 0 Å². The lowest BCUT2D eigenvalue weighted by molar-refractivity contribution is -0.116. The molecule has 0 saturated heterocycles. The van der Waals surface area contributed by atoms with E-state index in [0.29, 0.717) is 18.1 Å². The van der Waals surface area contributed by atoms with Crippen molar-refractivity contribution in [2.45, 2.75) is 6.54 Å². The van der Waals surface area contributed by atoms with Crippen molar-refractivity contribution in [1.82, 2.24) is 20.1 Å². The first-order chi connectivity index (χ1) is 10.8. The van der Waals surface area contributed by atoms with Crippen molar-refractivity contribution in [1.29, 1.82) is 0 Å². The molecule has 3 aromatic heterocycles. The van der Waals surface area contributed by atoms with Gasteiger partial charge in [-0.1, -0.05) is 0 Å². The minimum atomic E-state index is -0.186. The highest BCUT2D eigenvalue weighted by molar-refractivity contribution is 5.91. The van der Waals surface area contributed by atoms with Crippen LogP contribution >= 0.6 is 0 Å². The average molecular weight is 294 g/mol. The fourth-order valence-electron chi connectivity index (χ4n) is 1.89. The Bertz CT molecular complexity index is 761. The van der Waals surface area contributed by atoms with Crippen molar-refractivity contribution in [3.8, 4) is 5.82 Å². The van der Waals surface area contributed by atoms with Gasteiger partial charge in [-0.15, -0.1) is 0 Å². The van der Waals surface area contributed by atoms with Gasteiger partial charge in [0.15, 0.2) is 5.82 Å². The summed E-state index contributed by atoms with van der Waals surface area (Å²) >= 11 is 0. The summed E-state index contributed by atoms with van der Waals surface area (Å²) in [5.41, 5.74) is 0.945. The number of nitrogens with zero attached hydrogens (tertiary/aromatic N) is 3. The van der Waals surface area contributed by atoms with Gasteiger partial charge in [0, 0.05) is 31.2 Å². The van der Waals surface area contributed by atoms with Crippen molar-refractivity contribution in [2.24, 2.45) is 0 Å². The van der Waals surface area contributed by atoms with Crippen molar-refractivity contribution < 1.29 is 9.21 Å². The second kappa shape index (κ2) is 6.53. The third-order valence-corrected chi connectivity index (χ3v) is 2.96. The molecule has 0 aliphatic rings. The molecule has 0 spiro atoms. The van der Waals surface area contributed by atoms with Gasteiger partial charge in [-0.3, -0.25) is 4.79 Å². The number of hydrogen-bond donors (Lipinski definition) is 1. The summed E-state index contributed by atoms with van der Waals surface area (Å²) in [6.45, 7) is 0.415. The predicted molar refractivity (Wildman–Crippen MR) is 80.9 cm³/mol. The van der Waals surface area contributed by atoms with E-state index in [0.717, 1.165) is 5.56 Å². The van der Waals surface area contributed by atoms with E-state index < -0.39 is 0 Å². The number of amides is 1. The fraction of sp³-hybridized carbons (Fsp3) is 0.0625. The lowest BCUT2D eigenvalue weighted by Crippen LogP contribution is -2.20. The highest BCUT2D eigenvalue weighted by atomic mass is 16.3. The smallest absolute Gasteiger partial charge is 0.244 e.